The highest BCUT2D eigenvalue weighted by molar-refractivity contribution is 4.57. The highest BCUT2D eigenvalue weighted by Crippen LogP contribution is 2.14. The third-order valence-electron chi connectivity index (χ3n) is 7.55. The Labute approximate surface area is 247 Å². The molecule has 0 aliphatic heterocycles. The van der Waals surface area contributed by atoms with Crippen molar-refractivity contribution < 1.29 is 26.4 Å². The predicted octanol–water partition coefficient (Wildman–Crippen LogP) is 7.50. The molecule has 0 aromatic rings. The number of unbranched alkanes of at least 4 members (excludes halogenated alkanes) is 22. The van der Waals surface area contributed by atoms with Crippen LogP contribution in [-0.4, -0.2) is 58.1 Å². The van der Waals surface area contributed by atoms with Crippen LogP contribution >= 0.6 is 0 Å². The molecule has 0 saturated heterocycles. The third-order valence-corrected chi connectivity index (χ3v) is 7.55. The molecular weight excluding hydrogens is 490 g/mol. The van der Waals surface area contributed by atoms with E-state index in [1.54, 1.807) is 0 Å². The SMILES string of the molecule is CCCCCCCCCCCCCCOCC(C[N+](C)(C)C)OCCCCCCCCCCCCCC.[Cl-]. The first-order valence-corrected chi connectivity index (χ1v) is 17.0. The fourth-order valence-corrected chi connectivity index (χ4v) is 5.22. The molecule has 0 saturated carbocycles. The predicted molar refractivity (Wildman–Crippen MR) is 166 cm³/mol. The van der Waals surface area contributed by atoms with Gasteiger partial charge in [-0.1, -0.05) is 155 Å². The maximum Gasteiger partial charge on any atom is 0.130 e. The Balaban J connectivity index is 0. The summed E-state index contributed by atoms with van der Waals surface area (Å²) in [6.45, 7) is 8.16. The van der Waals surface area contributed by atoms with Crippen molar-refractivity contribution >= 4 is 0 Å². The van der Waals surface area contributed by atoms with Gasteiger partial charge in [0.25, 0.3) is 0 Å². The van der Waals surface area contributed by atoms with Gasteiger partial charge in [0, 0.05) is 13.2 Å². The van der Waals surface area contributed by atoms with Crippen LogP contribution in [0.3, 0.4) is 0 Å². The molecule has 0 fully saturated rings. The molecule has 0 N–H and O–H groups in total. The number of likely N-dealkylation sites (N-methyl/N-ethyl adjacent to an activating group) is 1. The lowest BCUT2D eigenvalue weighted by Gasteiger charge is -2.29. The second-order valence-electron chi connectivity index (χ2n) is 12.8. The first kappa shape index (κ1) is 40.3. The number of hydrogen-bond donors (Lipinski definition) is 0. The zero-order valence-electron chi connectivity index (χ0n) is 27.0. The van der Waals surface area contributed by atoms with Gasteiger partial charge in [-0.3, -0.25) is 0 Å². The van der Waals surface area contributed by atoms with Gasteiger partial charge in [0.05, 0.1) is 27.7 Å². The maximum atomic E-state index is 6.28. The fourth-order valence-electron chi connectivity index (χ4n) is 5.22. The maximum absolute atomic E-state index is 6.28. The number of ether oxygens (including phenoxy) is 2. The smallest absolute Gasteiger partial charge is 0.130 e. The average molecular weight is 562 g/mol. The zero-order chi connectivity index (χ0) is 27.3. The van der Waals surface area contributed by atoms with Crippen LogP contribution in [0.25, 0.3) is 0 Å². The molecule has 0 amide bonds. The molecule has 0 aliphatic rings. The summed E-state index contributed by atoms with van der Waals surface area (Å²) >= 11 is 0. The molecule has 232 valence electrons. The largest absolute Gasteiger partial charge is 1.00 e. The summed E-state index contributed by atoms with van der Waals surface area (Å²) in [4.78, 5) is 0. The van der Waals surface area contributed by atoms with Crippen molar-refractivity contribution in [2.75, 3.05) is 47.5 Å². The van der Waals surface area contributed by atoms with E-state index in [-0.39, 0.29) is 18.5 Å². The monoisotopic (exact) mass is 562 g/mol. The third kappa shape index (κ3) is 34.2. The molecule has 0 aliphatic carbocycles. The van der Waals surface area contributed by atoms with Crippen LogP contribution in [0.4, 0.5) is 0 Å². The van der Waals surface area contributed by atoms with Gasteiger partial charge < -0.3 is 26.4 Å². The van der Waals surface area contributed by atoms with Crippen molar-refractivity contribution in [3.63, 3.8) is 0 Å². The van der Waals surface area contributed by atoms with E-state index in [0.717, 1.165) is 30.8 Å². The standard InChI is InChI=1S/C34H72NO2.ClH/c1-6-8-10-12-14-16-18-20-22-24-26-28-30-36-33-34(32-35(3,4)5)37-31-29-27-25-23-21-19-17-15-13-11-9-7-2;/h34H,6-33H2,1-5H3;1H/q+1;/p-1. The Morgan fingerprint density at radius 1 is 0.447 bits per heavy atom. The number of quaternary nitrogens is 1. The molecule has 3 nitrogen and oxygen atoms in total. The van der Waals surface area contributed by atoms with Gasteiger partial charge in [-0.15, -0.1) is 0 Å². The van der Waals surface area contributed by atoms with E-state index >= 15 is 0 Å². The van der Waals surface area contributed by atoms with Gasteiger partial charge >= 0.3 is 0 Å². The lowest BCUT2D eigenvalue weighted by Crippen LogP contribution is -3.00. The van der Waals surface area contributed by atoms with Gasteiger partial charge in [-0.2, -0.15) is 0 Å². The Kier molecular flexibility index (Phi) is 33.6. The van der Waals surface area contributed by atoms with Crippen molar-refractivity contribution in [3.05, 3.63) is 0 Å². The summed E-state index contributed by atoms with van der Waals surface area (Å²) in [7, 11) is 6.77. The number of halogens is 1. The Hall–Kier alpha value is 0.170. The number of nitrogens with zero attached hydrogens (tertiary/aromatic N) is 1. The second-order valence-corrected chi connectivity index (χ2v) is 12.8. The molecule has 1 atom stereocenters. The molecule has 0 aromatic carbocycles. The van der Waals surface area contributed by atoms with E-state index in [1.165, 1.54) is 154 Å². The van der Waals surface area contributed by atoms with Gasteiger partial charge in [-0.25, -0.2) is 0 Å². The molecule has 0 bridgehead atoms. The van der Waals surface area contributed by atoms with E-state index in [1.807, 2.05) is 0 Å². The zero-order valence-corrected chi connectivity index (χ0v) is 27.8. The highest BCUT2D eigenvalue weighted by Gasteiger charge is 2.19. The highest BCUT2D eigenvalue weighted by atomic mass is 35.5. The summed E-state index contributed by atoms with van der Waals surface area (Å²) in [5.74, 6) is 0. The molecule has 0 heterocycles. The molecule has 38 heavy (non-hydrogen) atoms. The quantitative estimate of drug-likeness (QED) is 0.0644. The molecule has 1 unspecified atom stereocenters. The molecule has 0 spiro atoms. The van der Waals surface area contributed by atoms with Crippen LogP contribution in [0, 0.1) is 0 Å². The van der Waals surface area contributed by atoms with Crippen LogP contribution in [0.5, 0.6) is 0 Å². The van der Waals surface area contributed by atoms with E-state index in [2.05, 4.69) is 35.0 Å². The van der Waals surface area contributed by atoms with Gasteiger partial charge in [0.2, 0.25) is 0 Å². The van der Waals surface area contributed by atoms with E-state index in [9.17, 15) is 0 Å². The summed E-state index contributed by atoms with van der Waals surface area (Å²) in [6.07, 6.45) is 33.6. The summed E-state index contributed by atoms with van der Waals surface area (Å²) < 4.78 is 13.3. The van der Waals surface area contributed by atoms with E-state index in [0.29, 0.717) is 0 Å². The molecule has 4 heteroatoms. The molecular formula is C34H72ClNO2. The Morgan fingerprint density at radius 3 is 1.11 bits per heavy atom. The van der Waals surface area contributed by atoms with Crippen LogP contribution in [-0.2, 0) is 9.47 Å². The normalized spacial score (nSPS) is 12.6. The van der Waals surface area contributed by atoms with Crippen LogP contribution in [0.15, 0.2) is 0 Å². The van der Waals surface area contributed by atoms with Crippen molar-refractivity contribution in [2.45, 2.75) is 174 Å². The topological polar surface area (TPSA) is 18.5 Å². The van der Waals surface area contributed by atoms with Gasteiger partial charge in [0.1, 0.15) is 12.6 Å². The van der Waals surface area contributed by atoms with Crippen molar-refractivity contribution in [1.29, 1.82) is 0 Å². The Morgan fingerprint density at radius 2 is 0.763 bits per heavy atom. The van der Waals surface area contributed by atoms with E-state index < -0.39 is 0 Å². The minimum absolute atomic E-state index is 0. The van der Waals surface area contributed by atoms with Gasteiger partial charge in [0.15, 0.2) is 0 Å². The first-order chi connectivity index (χ1) is 18.0. The first-order valence-electron chi connectivity index (χ1n) is 17.0. The fraction of sp³-hybridized carbons (Fsp3) is 1.00. The van der Waals surface area contributed by atoms with Crippen molar-refractivity contribution in [2.24, 2.45) is 0 Å². The van der Waals surface area contributed by atoms with Crippen LogP contribution < -0.4 is 12.4 Å². The van der Waals surface area contributed by atoms with Crippen molar-refractivity contribution in [3.8, 4) is 0 Å². The molecule has 0 aromatic heterocycles. The van der Waals surface area contributed by atoms with Gasteiger partial charge in [-0.05, 0) is 12.8 Å². The van der Waals surface area contributed by atoms with Crippen LogP contribution in [0.2, 0.25) is 0 Å². The van der Waals surface area contributed by atoms with Crippen molar-refractivity contribution in [1.82, 2.24) is 0 Å². The average Bonchev–Trinajstić information content (AvgIpc) is 2.86. The lowest BCUT2D eigenvalue weighted by molar-refractivity contribution is -0.873. The summed E-state index contributed by atoms with van der Waals surface area (Å²) in [5, 5.41) is 0. The Bertz CT molecular complexity index is 427. The second kappa shape index (κ2) is 31.7. The van der Waals surface area contributed by atoms with E-state index in [4.69, 9.17) is 9.47 Å². The minimum atomic E-state index is 0. The number of hydrogen-bond acceptors (Lipinski definition) is 2. The molecule has 0 rings (SSSR count). The molecule has 0 radical (unpaired) electrons. The summed E-state index contributed by atoms with van der Waals surface area (Å²) in [6, 6.07) is 0. The van der Waals surface area contributed by atoms with Crippen LogP contribution in [0.1, 0.15) is 168 Å². The minimum Gasteiger partial charge on any atom is -1.00 e. The lowest BCUT2D eigenvalue weighted by atomic mass is 10.1. The summed E-state index contributed by atoms with van der Waals surface area (Å²) in [5.41, 5.74) is 0. The number of rotatable bonds is 31.